The van der Waals surface area contributed by atoms with E-state index in [1.165, 1.54) is 4.88 Å². The van der Waals surface area contributed by atoms with Crippen LogP contribution in [0.25, 0.3) is 0 Å². The van der Waals surface area contributed by atoms with Crippen LogP contribution < -0.4 is 5.32 Å². The van der Waals surface area contributed by atoms with Crippen molar-refractivity contribution in [2.45, 2.75) is 39.5 Å². The van der Waals surface area contributed by atoms with E-state index in [4.69, 9.17) is 4.42 Å². The number of halogens is 1. The van der Waals surface area contributed by atoms with Crippen molar-refractivity contribution in [3.8, 4) is 0 Å². The molecule has 2 heterocycles. The predicted octanol–water partition coefficient (Wildman–Crippen LogP) is 4.23. The maximum Gasteiger partial charge on any atom is 0.118 e. The van der Waals surface area contributed by atoms with E-state index in [2.05, 4.69) is 70.6 Å². The second-order valence-corrected chi connectivity index (χ2v) is 7.22. The fourth-order valence-corrected chi connectivity index (χ4v) is 3.46. The van der Waals surface area contributed by atoms with E-state index in [0.717, 1.165) is 35.6 Å². The average molecular weight is 357 g/mol. The van der Waals surface area contributed by atoms with Crippen LogP contribution >= 0.6 is 27.3 Å². The zero-order valence-corrected chi connectivity index (χ0v) is 14.6. The summed E-state index contributed by atoms with van der Waals surface area (Å²) in [6.07, 6.45) is 0. The lowest BCUT2D eigenvalue weighted by molar-refractivity contribution is 0.284. The van der Waals surface area contributed by atoms with Crippen molar-refractivity contribution in [2.75, 3.05) is 7.05 Å². The third-order valence-electron chi connectivity index (χ3n) is 2.88. The summed E-state index contributed by atoms with van der Waals surface area (Å²) in [5.74, 6) is 2.02. The summed E-state index contributed by atoms with van der Waals surface area (Å²) >= 11 is 5.26. The molecule has 0 saturated heterocycles. The van der Waals surface area contributed by atoms with E-state index in [-0.39, 0.29) is 0 Å². The number of nitrogens with zero attached hydrogens (tertiary/aromatic N) is 1. The van der Waals surface area contributed by atoms with Gasteiger partial charge in [0.05, 0.1) is 13.1 Å². The van der Waals surface area contributed by atoms with Crippen molar-refractivity contribution in [3.05, 3.63) is 44.4 Å². The standard InChI is InChI=1S/C15H21BrN2OS/c1-11(2)17-7-13-4-5-14(19-13)8-18(3)9-15-6-12(16)10-20-15/h4-6,10-11,17H,7-9H2,1-3H3. The molecule has 0 amide bonds. The summed E-state index contributed by atoms with van der Waals surface area (Å²) in [6.45, 7) is 6.83. The maximum atomic E-state index is 5.84. The zero-order chi connectivity index (χ0) is 14.5. The first-order chi connectivity index (χ1) is 9.52. The Labute approximate surface area is 133 Å². The van der Waals surface area contributed by atoms with Crippen LogP contribution in [0.3, 0.4) is 0 Å². The molecule has 0 atom stereocenters. The smallest absolute Gasteiger partial charge is 0.118 e. The molecule has 0 aliphatic heterocycles. The summed E-state index contributed by atoms with van der Waals surface area (Å²) in [5.41, 5.74) is 0. The van der Waals surface area contributed by atoms with Crippen LogP contribution in [0.5, 0.6) is 0 Å². The van der Waals surface area contributed by atoms with Crippen LogP contribution in [0.1, 0.15) is 30.2 Å². The van der Waals surface area contributed by atoms with E-state index in [0.29, 0.717) is 6.04 Å². The van der Waals surface area contributed by atoms with E-state index in [1.807, 2.05) is 0 Å². The first-order valence-electron chi connectivity index (χ1n) is 6.75. The molecule has 2 rings (SSSR count). The van der Waals surface area contributed by atoms with Gasteiger partial charge in [0.25, 0.3) is 0 Å². The van der Waals surface area contributed by atoms with Gasteiger partial charge in [-0.05, 0) is 41.2 Å². The molecule has 0 saturated carbocycles. The largest absolute Gasteiger partial charge is 0.463 e. The normalized spacial score (nSPS) is 11.7. The summed E-state index contributed by atoms with van der Waals surface area (Å²) < 4.78 is 7.00. The van der Waals surface area contributed by atoms with E-state index < -0.39 is 0 Å². The Morgan fingerprint density at radius 3 is 2.70 bits per heavy atom. The van der Waals surface area contributed by atoms with Gasteiger partial charge in [0, 0.05) is 27.3 Å². The van der Waals surface area contributed by atoms with Crippen molar-refractivity contribution in [1.29, 1.82) is 0 Å². The molecule has 0 aromatic carbocycles. The minimum Gasteiger partial charge on any atom is -0.463 e. The Morgan fingerprint density at radius 2 is 2.05 bits per heavy atom. The lowest BCUT2D eigenvalue weighted by Gasteiger charge is -2.13. The van der Waals surface area contributed by atoms with Crippen LogP contribution in [-0.4, -0.2) is 18.0 Å². The van der Waals surface area contributed by atoms with Gasteiger partial charge in [0.2, 0.25) is 0 Å². The highest BCUT2D eigenvalue weighted by Crippen LogP contribution is 2.21. The molecule has 2 aromatic heterocycles. The predicted molar refractivity (Wildman–Crippen MR) is 87.9 cm³/mol. The molecular weight excluding hydrogens is 336 g/mol. The van der Waals surface area contributed by atoms with Gasteiger partial charge in [-0.25, -0.2) is 0 Å². The number of hydrogen-bond acceptors (Lipinski definition) is 4. The van der Waals surface area contributed by atoms with Gasteiger partial charge in [-0.1, -0.05) is 13.8 Å². The van der Waals surface area contributed by atoms with Crippen LogP contribution in [-0.2, 0) is 19.6 Å². The summed E-state index contributed by atoms with van der Waals surface area (Å²) in [4.78, 5) is 3.61. The number of thiophene rings is 1. The Kier molecular flexibility index (Phi) is 5.84. The van der Waals surface area contributed by atoms with Crippen molar-refractivity contribution < 1.29 is 4.42 Å². The van der Waals surface area contributed by atoms with Crippen molar-refractivity contribution in [2.24, 2.45) is 0 Å². The Bertz CT molecular complexity index is 535. The molecule has 20 heavy (non-hydrogen) atoms. The van der Waals surface area contributed by atoms with Crippen molar-refractivity contribution in [3.63, 3.8) is 0 Å². The third-order valence-corrected chi connectivity index (χ3v) is 4.56. The van der Waals surface area contributed by atoms with Crippen LogP contribution in [0.15, 0.2) is 32.5 Å². The quantitative estimate of drug-likeness (QED) is 0.804. The number of hydrogen-bond donors (Lipinski definition) is 1. The fourth-order valence-electron chi connectivity index (χ4n) is 1.93. The Balaban J connectivity index is 1.83. The maximum absolute atomic E-state index is 5.84. The summed E-state index contributed by atoms with van der Waals surface area (Å²) in [5, 5.41) is 5.48. The second-order valence-electron chi connectivity index (χ2n) is 5.31. The highest BCUT2D eigenvalue weighted by molar-refractivity contribution is 9.10. The molecule has 0 unspecified atom stereocenters. The molecular formula is C15H21BrN2OS. The van der Waals surface area contributed by atoms with Gasteiger partial charge in [0.15, 0.2) is 0 Å². The average Bonchev–Trinajstić information content (AvgIpc) is 2.96. The van der Waals surface area contributed by atoms with E-state index >= 15 is 0 Å². The molecule has 2 aromatic rings. The number of furan rings is 1. The van der Waals surface area contributed by atoms with Gasteiger partial charge in [-0.15, -0.1) is 11.3 Å². The molecule has 0 bridgehead atoms. The molecule has 0 fully saturated rings. The van der Waals surface area contributed by atoms with Gasteiger partial charge in [0.1, 0.15) is 11.5 Å². The first-order valence-corrected chi connectivity index (χ1v) is 8.42. The van der Waals surface area contributed by atoms with E-state index in [9.17, 15) is 0 Å². The zero-order valence-electron chi connectivity index (χ0n) is 12.1. The molecule has 1 N–H and O–H groups in total. The lowest BCUT2D eigenvalue weighted by Crippen LogP contribution is -2.21. The monoisotopic (exact) mass is 356 g/mol. The van der Waals surface area contributed by atoms with Crippen molar-refractivity contribution in [1.82, 2.24) is 10.2 Å². The molecule has 110 valence electrons. The minimum atomic E-state index is 0.475. The summed E-state index contributed by atoms with van der Waals surface area (Å²) in [7, 11) is 2.11. The molecule has 0 radical (unpaired) electrons. The van der Waals surface area contributed by atoms with Gasteiger partial charge < -0.3 is 9.73 Å². The van der Waals surface area contributed by atoms with Crippen LogP contribution in [0.2, 0.25) is 0 Å². The van der Waals surface area contributed by atoms with Gasteiger partial charge in [-0.3, -0.25) is 4.90 Å². The Morgan fingerprint density at radius 1 is 1.30 bits per heavy atom. The minimum absolute atomic E-state index is 0.475. The SMILES string of the molecule is CC(C)NCc1ccc(CN(C)Cc2cc(Br)cs2)o1. The second kappa shape index (κ2) is 7.41. The molecule has 0 aliphatic rings. The van der Waals surface area contributed by atoms with Crippen LogP contribution in [0.4, 0.5) is 0 Å². The van der Waals surface area contributed by atoms with Gasteiger partial charge in [-0.2, -0.15) is 0 Å². The van der Waals surface area contributed by atoms with Crippen LogP contribution in [0, 0.1) is 0 Å². The topological polar surface area (TPSA) is 28.4 Å². The number of nitrogens with one attached hydrogen (secondary N) is 1. The van der Waals surface area contributed by atoms with Gasteiger partial charge >= 0.3 is 0 Å². The first kappa shape index (κ1) is 15.8. The molecule has 3 nitrogen and oxygen atoms in total. The molecule has 0 aliphatic carbocycles. The lowest BCUT2D eigenvalue weighted by atomic mass is 10.3. The third kappa shape index (κ3) is 5.05. The molecule has 5 heteroatoms. The van der Waals surface area contributed by atoms with E-state index in [1.54, 1.807) is 11.3 Å². The Hall–Kier alpha value is -0.620. The highest BCUT2D eigenvalue weighted by Gasteiger charge is 2.08. The number of rotatable bonds is 7. The molecule has 0 spiro atoms. The fraction of sp³-hybridized carbons (Fsp3) is 0.467. The highest BCUT2D eigenvalue weighted by atomic mass is 79.9. The summed E-state index contributed by atoms with van der Waals surface area (Å²) in [6, 6.07) is 6.77. The van der Waals surface area contributed by atoms with Crippen molar-refractivity contribution >= 4 is 27.3 Å².